The molecule has 88 heavy (non-hydrogen) atoms. The Morgan fingerprint density at radius 2 is 0.489 bits per heavy atom. The molecule has 13 aromatic rings. The van der Waals surface area contributed by atoms with Crippen LogP contribution in [0.4, 0.5) is 34.1 Å². The number of nitrogens with zero attached hydrogens (tertiary/aromatic N) is 2. The van der Waals surface area contributed by atoms with Crippen molar-refractivity contribution < 1.29 is 18.9 Å². The van der Waals surface area contributed by atoms with E-state index in [1.807, 2.05) is 0 Å². The summed E-state index contributed by atoms with van der Waals surface area (Å²) < 4.78 is 25.9. The maximum Gasteiger partial charge on any atom is 0.120 e. The van der Waals surface area contributed by atoms with Gasteiger partial charge in [0.2, 0.25) is 0 Å². The van der Waals surface area contributed by atoms with Crippen molar-refractivity contribution in [1.82, 2.24) is 0 Å². The first kappa shape index (κ1) is 57.8. The summed E-state index contributed by atoms with van der Waals surface area (Å²) in [7, 11) is 0. The van der Waals surface area contributed by atoms with Crippen LogP contribution >= 0.6 is 0 Å². The third kappa shape index (κ3) is 10.5. The summed E-state index contributed by atoms with van der Waals surface area (Å²) in [5.74, 6) is 3.37. The fraction of sp³-hybridized carbons (Fsp3) is 0.244. The molecule has 0 aromatic heterocycles. The van der Waals surface area contributed by atoms with Gasteiger partial charge < -0.3 is 28.7 Å². The molecule has 0 bridgehead atoms. The van der Waals surface area contributed by atoms with Crippen LogP contribution < -0.4 is 28.7 Å². The van der Waals surface area contributed by atoms with Crippen LogP contribution in [0.3, 0.4) is 0 Å². The summed E-state index contributed by atoms with van der Waals surface area (Å²) in [5.41, 5.74) is 14.3. The largest absolute Gasteiger partial charge is 0.488 e. The molecule has 0 N–H and O–H groups in total. The monoisotopic (exact) mass is 1160 g/mol. The lowest BCUT2D eigenvalue weighted by atomic mass is 9.87. The van der Waals surface area contributed by atoms with E-state index in [0.717, 1.165) is 79.4 Å². The van der Waals surface area contributed by atoms with Crippen LogP contribution in [0.5, 0.6) is 23.0 Å². The lowest BCUT2D eigenvalue weighted by Crippen LogP contribution is -2.23. The molecule has 0 unspecified atom stereocenters. The van der Waals surface area contributed by atoms with E-state index in [-0.39, 0.29) is 22.4 Å². The van der Waals surface area contributed by atoms with Crippen LogP contribution in [-0.2, 0) is 0 Å². The maximum absolute atomic E-state index is 6.48. The maximum atomic E-state index is 6.48. The van der Waals surface area contributed by atoms with Gasteiger partial charge in [-0.2, -0.15) is 0 Å². The number of rotatable bonds is 12. The second-order valence-electron chi connectivity index (χ2n) is 28.0. The molecule has 0 atom stereocenters. The number of fused-ring (bicyclic) bond motifs is 6. The molecule has 0 saturated carbocycles. The van der Waals surface area contributed by atoms with Crippen molar-refractivity contribution in [3.8, 4) is 45.3 Å². The molecular formula is C82H80N2O4. The normalized spacial score (nSPS) is 12.5. The number of aryl methyl sites for hydroxylation is 4. The van der Waals surface area contributed by atoms with Gasteiger partial charge >= 0.3 is 0 Å². The fourth-order valence-electron chi connectivity index (χ4n) is 13.6. The van der Waals surface area contributed by atoms with E-state index in [1.54, 1.807) is 0 Å². The van der Waals surface area contributed by atoms with E-state index < -0.39 is 0 Å². The predicted octanol–water partition coefficient (Wildman–Crippen LogP) is 23.7. The van der Waals surface area contributed by atoms with Crippen LogP contribution in [0.15, 0.2) is 194 Å². The summed E-state index contributed by atoms with van der Waals surface area (Å²) >= 11 is 0. The van der Waals surface area contributed by atoms with Gasteiger partial charge in [-0.3, -0.25) is 0 Å². The van der Waals surface area contributed by atoms with Crippen molar-refractivity contribution in [1.29, 1.82) is 0 Å². The standard InChI is InChI=1S/C82H80N2O4/c1-49-45-55(85-79(5,6)7)33-39-65(49)83(66-40-34-56(46-50(66)2)86-80(8,9)10)69-43-37-63-73-59(69)29-23-31-61(73)75-71(53-25-19-17-20-26-53)76-62-32-24-30-60-70(44-38-64(74(60)62)78(76)72(77(63)75)54-27-21-18-22-28-54)84(67-41-35-57(47-51(67)3)87-81(11,12)13)68-42-36-58(48-52(68)4)88-82(14,15)16/h17-48H,1-16H3. The minimum Gasteiger partial charge on any atom is -0.488 e. The van der Waals surface area contributed by atoms with Crippen LogP contribution in [-0.4, -0.2) is 22.4 Å². The highest BCUT2D eigenvalue weighted by Gasteiger charge is 2.32. The molecule has 6 heteroatoms. The van der Waals surface area contributed by atoms with E-state index in [9.17, 15) is 0 Å². The van der Waals surface area contributed by atoms with Gasteiger partial charge in [0.1, 0.15) is 45.4 Å². The van der Waals surface area contributed by atoms with Gasteiger partial charge in [0.05, 0.1) is 11.4 Å². The smallest absolute Gasteiger partial charge is 0.120 e. The van der Waals surface area contributed by atoms with Crippen LogP contribution in [0.1, 0.15) is 105 Å². The van der Waals surface area contributed by atoms with Gasteiger partial charge in [-0.25, -0.2) is 0 Å². The molecule has 0 amide bonds. The number of hydrogen-bond donors (Lipinski definition) is 0. The zero-order valence-corrected chi connectivity index (χ0v) is 54.0. The zero-order chi connectivity index (χ0) is 61.9. The second-order valence-corrected chi connectivity index (χ2v) is 28.0. The Kier molecular flexibility index (Phi) is 14.0. The zero-order valence-electron chi connectivity index (χ0n) is 54.0. The summed E-state index contributed by atoms with van der Waals surface area (Å²) in [6.45, 7) is 34.0. The Hall–Kier alpha value is -9.26. The number of anilines is 6. The van der Waals surface area contributed by atoms with Crippen molar-refractivity contribution >= 4 is 98.8 Å². The average Bonchev–Trinajstić information content (AvgIpc) is 1.53. The fourth-order valence-corrected chi connectivity index (χ4v) is 13.6. The Bertz CT molecular complexity index is 4330. The lowest BCUT2D eigenvalue weighted by Gasteiger charge is -2.31. The number of ether oxygens (including phenoxy) is 4. The minimum absolute atomic E-state index is 0.347. The van der Waals surface area contributed by atoms with Gasteiger partial charge in [0, 0.05) is 33.5 Å². The van der Waals surface area contributed by atoms with Crippen molar-refractivity contribution in [2.75, 3.05) is 9.80 Å². The van der Waals surface area contributed by atoms with Crippen LogP contribution in [0, 0.1) is 27.7 Å². The predicted molar refractivity (Wildman–Crippen MR) is 375 cm³/mol. The molecule has 0 saturated heterocycles. The third-order valence-electron chi connectivity index (χ3n) is 16.6. The van der Waals surface area contributed by atoms with Gasteiger partial charge in [-0.1, -0.05) is 109 Å². The average molecular weight is 1160 g/mol. The SMILES string of the molecule is Cc1cc(OC(C)(C)C)ccc1N(c1ccc(OC(C)(C)C)cc1C)c1ccc2c3c(-c4ccccc4)c4c5ccc(N(c6ccc(OC(C)(C)C)cc6C)c6ccc(OC(C)(C)C)cc6C)c6cccc(c4c(-c4ccccc4)c3c3cccc1c32)c65. The lowest BCUT2D eigenvalue weighted by molar-refractivity contribution is 0.130. The van der Waals surface area contributed by atoms with Crippen LogP contribution in [0.25, 0.3) is 86.9 Å². The van der Waals surface area contributed by atoms with Gasteiger partial charge in [-0.15, -0.1) is 0 Å². The highest BCUT2D eigenvalue weighted by Crippen LogP contribution is 2.58. The molecule has 0 aliphatic rings. The molecule has 0 spiro atoms. The van der Waals surface area contributed by atoms with Gasteiger partial charge in [-0.05, 0) is 294 Å². The molecule has 0 aliphatic heterocycles. The summed E-state index contributed by atoms with van der Waals surface area (Å²) in [4.78, 5) is 4.91. The van der Waals surface area contributed by atoms with E-state index in [0.29, 0.717) is 0 Å². The Morgan fingerprint density at radius 3 is 0.750 bits per heavy atom. The molecule has 13 aromatic carbocycles. The summed E-state index contributed by atoms with van der Waals surface area (Å²) in [6, 6.07) is 71.8. The molecule has 0 aliphatic carbocycles. The van der Waals surface area contributed by atoms with Gasteiger partial charge in [0.15, 0.2) is 0 Å². The molecule has 0 heterocycles. The van der Waals surface area contributed by atoms with E-state index in [1.165, 1.54) is 86.9 Å². The van der Waals surface area contributed by atoms with Crippen molar-refractivity contribution in [3.63, 3.8) is 0 Å². The number of benzene rings is 11. The van der Waals surface area contributed by atoms with Crippen molar-refractivity contribution in [2.45, 2.75) is 133 Å². The molecule has 0 radical (unpaired) electrons. The molecule has 0 fully saturated rings. The molecule has 13 rings (SSSR count). The number of hydrogen-bond acceptors (Lipinski definition) is 6. The van der Waals surface area contributed by atoms with Crippen molar-refractivity contribution in [2.24, 2.45) is 0 Å². The third-order valence-corrected chi connectivity index (χ3v) is 16.6. The van der Waals surface area contributed by atoms with Gasteiger partial charge in [0.25, 0.3) is 0 Å². The summed E-state index contributed by atoms with van der Waals surface area (Å²) in [5, 5.41) is 14.7. The second kappa shape index (κ2) is 21.3. The molecular weight excluding hydrogens is 1080 g/mol. The Morgan fingerprint density at radius 1 is 0.239 bits per heavy atom. The van der Waals surface area contributed by atoms with Crippen molar-refractivity contribution in [3.05, 3.63) is 216 Å². The highest BCUT2D eigenvalue weighted by molar-refractivity contribution is 6.47. The first-order valence-corrected chi connectivity index (χ1v) is 31.1. The first-order valence-electron chi connectivity index (χ1n) is 31.1. The molecule has 442 valence electrons. The van der Waals surface area contributed by atoms with Crippen LogP contribution in [0.2, 0.25) is 0 Å². The summed E-state index contributed by atoms with van der Waals surface area (Å²) in [6.07, 6.45) is 0. The molecule has 6 nitrogen and oxygen atoms in total. The van der Waals surface area contributed by atoms with E-state index in [2.05, 4.69) is 315 Å². The topological polar surface area (TPSA) is 43.4 Å². The van der Waals surface area contributed by atoms with E-state index in [4.69, 9.17) is 18.9 Å². The highest BCUT2D eigenvalue weighted by atomic mass is 16.5. The quantitative estimate of drug-likeness (QED) is 0.121. The minimum atomic E-state index is -0.347. The van der Waals surface area contributed by atoms with E-state index >= 15 is 0 Å². The first-order chi connectivity index (χ1) is 41.8. The Labute approximate surface area is 519 Å². The Balaban J connectivity index is 1.12.